The molecule has 3 N–H and O–H groups in total. The van der Waals surface area contributed by atoms with Crippen molar-refractivity contribution in [3.8, 4) is 0 Å². The smallest absolute Gasteiger partial charge is 0.416 e. The zero-order valence-corrected chi connectivity index (χ0v) is 13.4. The van der Waals surface area contributed by atoms with Gasteiger partial charge in [-0.05, 0) is 37.6 Å². The normalized spacial score (nSPS) is 20.0. The molecule has 128 valence electrons. The summed E-state index contributed by atoms with van der Waals surface area (Å²) in [6.45, 7) is 6.35. The van der Waals surface area contributed by atoms with Gasteiger partial charge in [0.15, 0.2) is 0 Å². The average molecular weight is 329 g/mol. The van der Waals surface area contributed by atoms with Crippen molar-refractivity contribution in [3.05, 3.63) is 41.3 Å². The maximum atomic E-state index is 12.9. The van der Waals surface area contributed by atoms with Crippen molar-refractivity contribution in [2.24, 2.45) is 0 Å². The van der Waals surface area contributed by atoms with Gasteiger partial charge in [-0.25, -0.2) is 5.43 Å². The minimum atomic E-state index is -4.41. The molecule has 1 aliphatic heterocycles. The van der Waals surface area contributed by atoms with Crippen molar-refractivity contribution in [2.45, 2.75) is 45.5 Å². The number of hydrazine groups is 1. The molecule has 1 unspecified atom stereocenters. The Labute approximate surface area is 134 Å². The Morgan fingerprint density at radius 3 is 2.70 bits per heavy atom. The number of nitrogen functional groups attached to an aromatic ring is 1. The van der Waals surface area contributed by atoms with Gasteiger partial charge in [0.05, 0.1) is 18.3 Å². The van der Waals surface area contributed by atoms with Gasteiger partial charge >= 0.3 is 6.18 Å². The number of nitrogens with one attached hydrogen (secondary N) is 1. The second-order valence-electron chi connectivity index (χ2n) is 5.77. The summed E-state index contributed by atoms with van der Waals surface area (Å²) in [5, 5.41) is 1.86. The Morgan fingerprint density at radius 1 is 1.39 bits per heavy atom. The first kappa shape index (κ1) is 17.5. The maximum Gasteiger partial charge on any atom is 0.416 e. The largest absolute Gasteiger partial charge is 0.492 e. The summed E-state index contributed by atoms with van der Waals surface area (Å²) in [6, 6.07) is 3.31. The van der Waals surface area contributed by atoms with E-state index in [0.717, 1.165) is 24.3 Å². The zero-order valence-electron chi connectivity index (χ0n) is 13.4. The Morgan fingerprint density at radius 2 is 2.09 bits per heavy atom. The molecule has 0 radical (unpaired) electrons. The minimum Gasteiger partial charge on any atom is -0.492 e. The van der Waals surface area contributed by atoms with Crippen molar-refractivity contribution >= 4 is 5.69 Å². The van der Waals surface area contributed by atoms with E-state index in [-0.39, 0.29) is 17.8 Å². The van der Waals surface area contributed by atoms with E-state index in [0.29, 0.717) is 12.1 Å². The molecular formula is C16H22F3N3O. The van der Waals surface area contributed by atoms with E-state index >= 15 is 0 Å². The highest BCUT2D eigenvalue weighted by molar-refractivity contribution is 5.46. The molecule has 0 aromatic heterocycles. The number of nitrogens with two attached hydrogens (primary N) is 1. The van der Waals surface area contributed by atoms with Crippen LogP contribution in [0.1, 0.15) is 44.4 Å². The lowest BCUT2D eigenvalue weighted by Crippen LogP contribution is -2.43. The third kappa shape index (κ3) is 4.54. The van der Waals surface area contributed by atoms with E-state index in [1.165, 1.54) is 0 Å². The van der Waals surface area contributed by atoms with E-state index in [1.807, 2.05) is 25.1 Å². The van der Waals surface area contributed by atoms with E-state index < -0.39 is 11.7 Å². The van der Waals surface area contributed by atoms with Gasteiger partial charge in [-0.2, -0.15) is 13.2 Å². The van der Waals surface area contributed by atoms with Crippen LogP contribution < -0.4 is 11.2 Å². The molecule has 0 amide bonds. The third-order valence-corrected chi connectivity index (χ3v) is 3.62. The highest BCUT2D eigenvalue weighted by atomic mass is 19.4. The monoisotopic (exact) mass is 329 g/mol. The number of benzene rings is 1. The number of anilines is 1. The first-order chi connectivity index (χ1) is 10.7. The van der Waals surface area contributed by atoms with E-state index in [2.05, 4.69) is 5.43 Å². The topological polar surface area (TPSA) is 50.5 Å². The van der Waals surface area contributed by atoms with Crippen LogP contribution in [0.25, 0.3) is 0 Å². The molecule has 0 saturated heterocycles. The number of hydrogen-bond donors (Lipinski definition) is 2. The van der Waals surface area contributed by atoms with Crippen LogP contribution in [0.4, 0.5) is 18.9 Å². The van der Waals surface area contributed by atoms with Gasteiger partial charge in [0, 0.05) is 18.2 Å². The minimum absolute atomic E-state index is 0.0150. The van der Waals surface area contributed by atoms with Crippen molar-refractivity contribution in [1.82, 2.24) is 10.4 Å². The van der Waals surface area contributed by atoms with Gasteiger partial charge in [-0.3, -0.25) is 0 Å². The summed E-state index contributed by atoms with van der Waals surface area (Å²) in [4.78, 5) is 0. The molecule has 0 aliphatic carbocycles. The lowest BCUT2D eigenvalue weighted by atomic mass is 10.0. The number of halogens is 3. The summed E-state index contributed by atoms with van der Waals surface area (Å²) in [5.41, 5.74) is 8.66. The number of ether oxygens (including phenoxy) is 1. The molecule has 2 atom stereocenters. The second kappa shape index (κ2) is 6.70. The molecule has 0 saturated carbocycles. The van der Waals surface area contributed by atoms with Crippen molar-refractivity contribution in [2.75, 3.05) is 12.3 Å². The Hall–Kier alpha value is -1.89. The van der Waals surface area contributed by atoms with E-state index in [9.17, 15) is 13.2 Å². The molecule has 23 heavy (non-hydrogen) atoms. The van der Waals surface area contributed by atoms with Crippen LogP contribution >= 0.6 is 0 Å². The third-order valence-electron chi connectivity index (χ3n) is 3.62. The summed E-state index contributed by atoms with van der Waals surface area (Å²) in [6.07, 6.45) is -1.80. The average Bonchev–Trinajstić information content (AvgIpc) is 2.45. The van der Waals surface area contributed by atoms with Gasteiger partial charge < -0.3 is 15.5 Å². The molecular weight excluding hydrogens is 307 g/mol. The molecule has 0 bridgehead atoms. The van der Waals surface area contributed by atoms with Crippen LogP contribution in [0.2, 0.25) is 0 Å². The molecule has 0 spiro atoms. The fourth-order valence-corrected chi connectivity index (χ4v) is 2.51. The maximum absolute atomic E-state index is 12.9. The van der Waals surface area contributed by atoms with Crippen molar-refractivity contribution in [3.63, 3.8) is 0 Å². The first-order valence-corrected chi connectivity index (χ1v) is 7.57. The van der Waals surface area contributed by atoms with Gasteiger partial charge in [0.1, 0.15) is 11.9 Å². The predicted octanol–water partition coefficient (Wildman–Crippen LogP) is 3.83. The fourth-order valence-electron chi connectivity index (χ4n) is 2.51. The number of rotatable bonds is 4. The molecule has 2 rings (SSSR count). The summed E-state index contributed by atoms with van der Waals surface area (Å²) >= 11 is 0. The Balaban J connectivity index is 2.17. The highest BCUT2D eigenvalue weighted by Crippen LogP contribution is 2.32. The molecule has 1 aromatic carbocycles. The summed E-state index contributed by atoms with van der Waals surface area (Å²) in [5.74, 6) is 0.840. The van der Waals surface area contributed by atoms with Crippen LogP contribution in [0.3, 0.4) is 0 Å². The van der Waals surface area contributed by atoms with E-state index in [1.54, 1.807) is 13.0 Å². The van der Waals surface area contributed by atoms with Crippen LogP contribution in [-0.4, -0.2) is 17.7 Å². The standard InChI is InChI=1S/C16H22F3N3O/c1-4-15-9-22(8-10(2)23-15)21-11(3)12-5-13(16(17,18)19)7-14(20)6-12/h5-7,9-11,21H,4,8,20H2,1-3H3/t10-,11?/m1/s1. The van der Waals surface area contributed by atoms with Crippen molar-refractivity contribution in [1.29, 1.82) is 0 Å². The SMILES string of the molecule is CCC1=CN(NC(C)c2cc(N)cc(C(F)(F)F)c2)C[C@@H](C)O1. The van der Waals surface area contributed by atoms with Gasteiger partial charge in [-0.1, -0.05) is 6.92 Å². The molecule has 1 aromatic rings. The summed E-state index contributed by atoms with van der Waals surface area (Å²) in [7, 11) is 0. The van der Waals surface area contributed by atoms with Crippen LogP contribution in [0.15, 0.2) is 30.2 Å². The van der Waals surface area contributed by atoms with Crippen LogP contribution in [0.5, 0.6) is 0 Å². The molecule has 0 fully saturated rings. The lowest BCUT2D eigenvalue weighted by molar-refractivity contribution is -0.137. The predicted molar refractivity (Wildman–Crippen MR) is 83.0 cm³/mol. The fraction of sp³-hybridized carbons (Fsp3) is 0.500. The first-order valence-electron chi connectivity index (χ1n) is 7.57. The highest BCUT2D eigenvalue weighted by Gasteiger charge is 2.31. The van der Waals surface area contributed by atoms with Crippen LogP contribution in [-0.2, 0) is 10.9 Å². The lowest BCUT2D eigenvalue weighted by Gasteiger charge is -2.34. The zero-order chi connectivity index (χ0) is 17.2. The number of hydrogen-bond acceptors (Lipinski definition) is 4. The molecule has 1 heterocycles. The Bertz CT molecular complexity index is 586. The Kier molecular flexibility index (Phi) is 5.09. The van der Waals surface area contributed by atoms with Gasteiger partial charge in [0.25, 0.3) is 0 Å². The summed E-state index contributed by atoms with van der Waals surface area (Å²) < 4.78 is 44.4. The molecule has 4 nitrogen and oxygen atoms in total. The van der Waals surface area contributed by atoms with Gasteiger partial charge in [-0.15, -0.1) is 0 Å². The number of alkyl halides is 3. The quantitative estimate of drug-likeness (QED) is 0.825. The number of allylic oxidation sites excluding steroid dienone is 1. The molecule has 1 aliphatic rings. The van der Waals surface area contributed by atoms with Crippen LogP contribution in [0, 0.1) is 0 Å². The molecule has 7 heteroatoms. The number of nitrogens with zero attached hydrogens (tertiary/aromatic N) is 1. The van der Waals surface area contributed by atoms with E-state index in [4.69, 9.17) is 10.5 Å². The van der Waals surface area contributed by atoms with Crippen molar-refractivity contribution < 1.29 is 17.9 Å². The van der Waals surface area contributed by atoms with Gasteiger partial charge in [0.2, 0.25) is 0 Å². The second-order valence-corrected chi connectivity index (χ2v) is 5.77.